The molecule has 5 heteroatoms. The lowest BCUT2D eigenvalue weighted by Crippen LogP contribution is -2.32. The zero-order valence-electron chi connectivity index (χ0n) is 10.6. The molecule has 0 bridgehead atoms. The Bertz CT molecular complexity index is 374. The molecule has 102 valence electrons. The average Bonchev–Trinajstić information content (AvgIpc) is 2.33. The molecule has 0 radical (unpaired) electrons. The van der Waals surface area contributed by atoms with Gasteiger partial charge in [-0.15, -0.1) is 0 Å². The summed E-state index contributed by atoms with van der Waals surface area (Å²) in [6.45, 7) is 3.96. The van der Waals surface area contributed by atoms with Crippen molar-refractivity contribution in [3.63, 3.8) is 0 Å². The van der Waals surface area contributed by atoms with Gasteiger partial charge in [-0.2, -0.15) is 0 Å². The highest BCUT2D eigenvalue weighted by atomic mass is 19.1. The summed E-state index contributed by atoms with van der Waals surface area (Å²) in [6, 6.07) is 1.26. The number of nitrogens with one attached hydrogen (secondary N) is 1. The fourth-order valence-electron chi connectivity index (χ4n) is 1.77. The summed E-state index contributed by atoms with van der Waals surface area (Å²) in [5.74, 6) is -2.88. The predicted octanol–water partition coefficient (Wildman–Crippen LogP) is 3.31. The number of aliphatic hydroxyl groups excluding tert-OH is 1. The number of aliphatic hydroxyl groups is 1. The Kier molecular flexibility index (Phi) is 5.02. The van der Waals surface area contributed by atoms with E-state index >= 15 is 0 Å². The van der Waals surface area contributed by atoms with E-state index in [0.717, 1.165) is 0 Å². The van der Waals surface area contributed by atoms with Crippen molar-refractivity contribution >= 4 is 5.69 Å². The molecule has 0 atom stereocenters. The number of rotatable bonds is 6. The summed E-state index contributed by atoms with van der Waals surface area (Å²) in [7, 11) is 0. The van der Waals surface area contributed by atoms with E-state index in [0.29, 0.717) is 25.0 Å². The zero-order valence-corrected chi connectivity index (χ0v) is 10.6. The predicted molar refractivity (Wildman–Crippen MR) is 64.9 cm³/mol. The molecular formula is C13H18F3NO. The SMILES string of the molecule is CCC(CC)(CO)CNc1c(F)cc(F)cc1F. The number of hydrogen-bond acceptors (Lipinski definition) is 2. The van der Waals surface area contributed by atoms with Crippen molar-refractivity contribution in [2.75, 3.05) is 18.5 Å². The highest BCUT2D eigenvalue weighted by Crippen LogP contribution is 2.28. The summed E-state index contributed by atoms with van der Waals surface area (Å²) in [6.07, 6.45) is 1.36. The third-order valence-corrected chi connectivity index (χ3v) is 3.48. The van der Waals surface area contributed by atoms with Gasteiger partial charge < -0.3 is 10.4 Å². The van der Waals surface area contributed by atoms with Gasteiger partial charge in [0.25, 0.3) is 0 Å². The van der Waals surface area contributed by atoms with Gasteiger partial charge in [0.05, 0.1) is 6.61 Å². The van der Waals surface area contributed by atoms with Crippen LogP contribution in [0.4, 0.5) is 18.9 Å². The van der Waals surface area contributed by atoms with E-state index in [1.165, 1.54) is 0 Å². The molecule has 0 aliphatic carbocycles. The molecule has 0 aliphatic rings. The van der Waals surface area contributed by atoms with Crippen molar-refractivity contribution in [3.05, 3.63) is 29.6 Å². The molecule has 0 aromatic heterocycles. The standard InChI is InChI=1S/C13H18F3NO/c1-3-13(4-2,8-18)7-17-12-10(15)5-9(14)6-11(12)16/h5-6,17-18H,3-4,7-8H2,1-2H3. The largest absolute Gasteiger partial charge is 0.396 e. The van der Waals surface area contributed by atoms with Gasteiger partial charge in [-0.1, -0.05) is 13.8 Å². The Morgan fingerprint density at radius 3 is 2.00 bits per heavy atom. The summed E-state index contributed by atoms with van der Waals surface area (Å²) < 4.78 is 39.5. The second kappa shape index (κ2) is 6.09. The van der Waals surface area contributed by atoms with Crippen molar-refractivity contribution in [1.82, 2.24) is 0 Å². The summed E-state index contributed by atoms with van der Waals surface area (Å²) >= 11 is 0. The van der Waals surface area contributed by atoms with E-state index in [-0.39, 0.29) is 18.8 Å². The molecule has 0 saturated heterocycles. The Labute approximate surface area is 105 Å². The van der Waals surface area contributed by atoms with E-state index in [9.17, 15) is 18.3 Å². The number of anilines is 1. The lowest BCUT2D eigenvalue weighted by molar-refractivity contribution is 0.127. The van der Waals surface area contributed by atoms with E-state index in [2.05, 4.69) is 5.32 Å². The molecule has 0 amide bonds. The van der Waals surface area contributed by atoms with Crippen LogP contribution in [0.2, 0.25) is 0 Å². The number of halogens is 3. The van der Waals surface area contributed by atoms with E-state index in [1.807, 2.05) is 13.8 Å². The van der Waals surface area contributed by atoms with Gasteiger partial charge in [-0.05, 0) is 12.8 Å². The second-order valence-corrected chi connectivity index (χ2v) is 4.46. The van der Waals surface area contributed by atoms with E-state index in [4.69, 9.17) is 0 Å². The molecule has 1 aromatic rings. The highest BCUT2D eigenvalue weighted by molar-refractivity contribution is 5.46. The summed E-state index contributed by atoms with van der Waals surface area (Å²) in [5.41, 5.74) is -0.774. The third kappa shape index (κ3) is 3.16. The first-order chi connectivity index (χ1) is 8.48. The molecule has 0 aliphatic heterocycles. The molecule has 2 nitrogen and oxygen atoms in total. The van der Waals surface area contributed by atoms with Gasteiger partial charge in [0.2, 0.25) is 0 Å². The van der Waals surface area contributed by atoms with Crippen LogP contribution in [0.3, 0.4) is 0 Å². The first-order valence-corrected chi connectivity index (χ1v) is 5.97. The van der Waals surface area contributed by atoms with Crippen molar-refractivity contribution in [3.8, 4) is 0 Å². The first kappa shape index (κ1) is 14.8. The maximum atomic E-state index is 13.4. The van der Waals surface area contributed by atoms with Crippen LogP contribution >= 0.6 is 0 Å². The van der Waals surface area contributed by atoms with Gasteiger partial charge in [-0.3, -0.25) is 0 Å². The van der Waals surface area contributed by atoms with Gasteiger partial charge >= 0.3 is 0 Å². The minimum atomic E-state index is -0.966. The quantitative estimate of drug-likeness (QED) is 0.823. The molecule has 0 unspecified atom stereocenters. The normalized spacial score (nSPS) is 11.7. The van der Waals surface area contributed by atoms with Crippen molar-refractivity contribution < 1.29 is 18.3 Å². The number of benzene rings is 1. The van der Waals surface area contributed by atoms with Crippen LogP contribution in [0.1, 0.15) is 26.7 Å². The van der Waals surface area contributed by atoms with Crippen LogP contribution < -0.4 is 5.32 Å². The molecule has 2 N–H and O–H groups in total. The van der Waals surface area contributed by atoms with Crippen LogP contribution in [-0.2, 0) is 0 Å². The van der Waals surface area contributed by atoms with Gasteiger partial charge in [0.1, 0.15) is 11.5 Å². The number of hydrogen-bond donors (Lipinski definition) is 2. The maximum Gasteiger partial charge on any atom is 0.152 e. The molecule has 0 heterocycles. The smallest absolute Gasteiger partial charge is 0.152 e. The third-order valence-electron chi connectivity index (χ3n) is 3.48. The molecule has 18 heavy (non-hydrogen) atoms. The highest BCUT2D eigenvalue weighted by Gasteiger charge is 2.26. The van der Waals surface area contributed by atoms with Crippen molar-refractivity contribution in [2.24, 2.45) is 5.41 Å². The van der Waals surface area contributed by atoms with Gasteiger partial charge in [0.15, 0.2) is 11.6 Å². The van der Waals surface area contributed by atoms with Crippen LogP contribution in [-0.4, -0.2) is 18.3 Å². The van der Waals surface area contributed by atoms with Crippen molar-refractivity contribution in [2.45, 2.75) is 26.7 Å². The molecule has 0 spiro atoms. The molecule has 1 aromatic carbocycles. The molecular weight excluding hydrogens is 243 g/mol. The van der Waals surface area contributed by atoms with Crippen LogP contribution in [0.25, 0.3) is 0 Å². The fraction of sp³-hybridized carbons (Fsp3) is 0.538. The van der Waals surface area contributed by atoms with Crippen molar-refractivity contribution in [1.29, 1.82) is 0 Å². The Hall–Kier alpha value is -1.23. The minimum Gasteiger partial charge on any atom is -0.396 e. The lowest BCUT2D eigenvalue weighted by atomic mass is 9.83. The first-order valence-electron chi connectivity index (χ1n) is 5.97. The van der Waals surface area contributed by atoms with E-state index in [1.54, 1.807) is 0 Å². The average molecular weight is 261 g/mol. The molecule has 0 saturated carbocycles. The van der Waals surface area contributed by atoms with E-state index < -0.39 is 22.9 Å². The van der Waals surface area contributed by atoms with Crippen LogP contribution in [0.5, 0.6) is 0 Å². The summed E-state index contributed by atoms with van der Waals surface area (Å²) in [4.78, 5) is 0. The maximum absolute atomic E-state index is 13.4. The molecule has 0 fully saturated rings. The monoisotopic (exact) mass is 261 g/mol. The summed E-state index contributed by atoms with van der Waals surface area (Å²) in [5, 5.41) is 12.0. The van der Waals surface area contributed by atoms with Gasteiger partial charge in [-0.25, -0.2) is 13.2 Å². The Morgan fingerprint density at radius 2 is 1.61 bits per heavy atom. The lowest BCUT2D eigenvalue weighted by Gasteiger charge is -2.30. The van der Waals surface area contributed by atoms with Crippen LogP contribution in [0, 0.1) is 22.9 Å². The zero-order chi connectivity index (χ0) is 13.8. The minimum absolute atomic E-state index is 0.0720. The topological polar surface area (TPSA) is 32.3 Å². The molecule has 1 rings (SSSR count). The fourth-order valence-corrected chi connectivity index (χ4v) is 1.77. The van der Waals surface area contributed by atoms with Crippen LogP contribution in [0.15, 0.2) is 12.1 Å². The van der Waals surface area contributed by atoms with Gasteiger partial charge in [0, 0.05) is 24.1 Å². The Morgan fingerprint density at radius 1 is 1.11 bits per heavy atom. The second-order valence-electron chi connectivity index (χ2n) is 4.46. The Balaban J connectivity index is 2.86.